The van der Waals surface area contributed by atoms with Gasteiger partial charge in [0.05, 0.1) is 0 Å². The van der Waals surface area contributed by atoms with Crippen LogP contribution in [0.2, 0.25) is 0 Å². The number of nitrogens with one attached hydrogen (secondary N) is 1. The van der Waals surface area contributed by atoms with Crippen LogP contribution in [0.1, 0.15) is 84.6 Å². The van der Waals surface area contributed by atoms with Gasteiger partial charge in [0.1, 0.15) is 0 Å². The topological polar surface area (TPSA) is 52.2 Å². The van der Waals surface area contributed by atoms with Gasteiger partial charge in [-0.05, 0) is 63.9 Å². The van der Waals surface area contributed by atoms with Crippen molar-refractivity contribution in [2.75, 3.05) is 6.54 Å². The predicted molar refractivity (Wildman–Crippen MR) is 128 cm³/mol. The van der Waals surface area contributed by atoms with Crippen LogP contribution in [0.3, 0.4) is 0 Å². The molecule has 0 spiro atoms. The van der Waals surface area contributed by atoms with Crippen LogP contribution < -0.4 is 61.8 Å². The molecule has 0 bridgehead atoms. The van der Waals surface area contributed by atoms with Crippen LogP contribution in [-0.4, -0.2) is 18.6 Å². The van der Waals surface area contributed by atoms with Crippen LogP contribution in [-0.2, 0) is 11.2 Å². The third-order valence-corrected chi connectivity index (χ3v) is 4.90. The van der Waals surface area contributed by atoms with Crippen LogP contribution in [0.25, 0.3) is 0 Å². The molecule has 1 saturated carbocycles. The Labute approximate surface area is 234 Å². The summed E-state index contributed by atoms with van der Waals surface area (Å²) >= 11 is 0. The van der Waals surface area contributed by atoms with Crippen molar-refractivity contribution in [3.05, 3.63) is 60.2 Å². The average molecular weight is 454 g/mol. The molecule has 1 fully saturated rings. The SMILES string of the molecule is C/C=C\CCCC(=O)NCC.CC.[K+].[O-][C@H]1CCC(/C=C/CCCc2ccccc2)C1. The second-order valence-corrected chi connectivity index (χ2v) is 7.42. The van der Waals surface area contributed by atoms with E-state index in [0.717, 1.165) is 51.5 Å². The second-order valence-electron chi connectivity index (χ2n) is 7.42. The van der Waals surface area contributed by atoms with E-state index < -0.39 is 0 Å². The third kappa shape index (κ3) is 20.1. The molecule has 0 aromatic heterocycles. The number of amides is 1. The summed E-state index contributed by atoms with van der Waals surface area (Å²) in [5.74, 6) is 0.728. The van der Waals surface area contributed by atoms with E-state index >= 15 is 0 Å². The number of aryl methyl sites for hydroxylation is 1. The van der Waals surface area contributed by atoms with Gasteiger partial charge in [-0.25, -0.2) is 0 Å². The first kappa shape index (κ1) is 32.9. The molecule has 1 amide bonds. The van der Waals surface area contributed by atoms with Gasteiger partial charge in [-0.1, -0.05) is 81.3 Å². The predicted octanol–water partition coefficient (Wildman–Crippen LogP) is 2.99. The molecular formula is C27H44KNO2. The van der Waals surface area contributed by atoms with Crippen molar-refractivity contribution >= 4 is 5.91 Å². The Morgan fingerprint density at radius 1 is 1.10 bits per heavy atom. The fourth-order valence-corrected chi connectivity index (χ4v) is 3.34. The molecule has 2 atom stereocenters. The Bertz CT molecular complexity index is 572. The molecule has 1 aliphatic rings. The number of allylic oxidation sites excluding steroid dienone is 4. The Morgan fingerprint density at radius 2 is 1.77 bits per heavy atom. The minimum Gasteiger partial charge on any atom is -0.852 e. The summed E-state index contributed by atoms with van der Waals surface area (Å²) < 4.78 is 0. The molecule has 0 saturated heterocycles. The zero-order chi connectivity index (χ0) is 22.5. The van der Waals surface area contributed by atoms with Gasteiger partial charge < -0.3 is 10.4 Å². The van der Waals surface area contributed by atoms with E-state index in [2.05, 4.69) is 53.9 Å². The summed E-state index contributed by atoms with van der Waals surface area (Å²) in [6, 6.07) is 10.6. The van der Waals surface area contributed by atoms with Crippen LogP contribution in [0, 0.1) is 5.92 Å². The Hall–Kier alpha value is -0.234. The van der Waals surface area contributed by atoms with Gasteiger partial charge in [-0.15, -0.1) is 6.10 Å². The largest absolute Gasteiger partial charge is 1.00 e. The summed E-state index contributed by atoms with van der Waals surface area (Å²) in [5.41, 5.74) is 1.42. The van der Waals surface area contributed by atoms with Crippen LogP contribution >= 0.6 is 0 Å². The molecule has 1 aromatic carbocycles. The number of hydrogen-bond acceptors (Lipinski definition) is 2. The number of rotatable bonds is 10. The molecule has 170 valence electrons. The van der Waals surface area contributed by atoms with E-state index in [4.69, 9.17) is 0 Å². The van der Waals surface area contributed by atoms with Gasteiger partial charge in [0.2, 0.25) is 5.91 Å². The Balaban J connectivity index is 0. The van der Waals surface area contributed by atoms with E-state index in [1.165, 1.54) is 12.0 Å². The van der Waals surface area contributed by atoms with E-state index in [0.29, 0.717) is 12.3 Å². The van der Waals surface area contributed by atoms with Gasteiger partial charge in [-0.2, -0.15) is 0 Å². The van der Waals surface area contributed by atoms with Crippen molar-refractivity contribution in [3.8, 4) is 0 Å². The summed E-state index contributed by atoms with van der Waals surface area (Å²) in [6.07, 6.45) is 17.3. The number of unbranched alkanes of at least 4 members (excludes halogenated alkanes) is 2. The third-order valence-electron chi connectivity index (χ3n) is 4.90. The molecule has 1 unspecified atom stereocenters. The number of benzene rings is 1. The van der Waals surface area contributed by atoms with Gasteiger partial charge in [0, 0.05) is 13.0 Å². The molecule has 3 nitrogen and oxygen atoms in total. The quantitative estimate of drug-likeness (QED) is 0.336. The summed E-state index contributed by atoms with van der Waals surface area (Å²) in [7, 11) is 0. The van der Waals surface area contributed by atoms with Crippen molar-refractivity contribution in [3.63, 3.8) is 0 Å². The number of carbonyl (C=O) groups is 1. The molecule has 1 aromatic rings. The molecule has 1 aliphatic carbocycles. The fourth-order valence-electron chi connectivity index (χ4n) is 3.34. The molecule has 1 N–H and O–H groups in total. The standard InChI is InChI=1S/C16H21O.C9H17NO.C2H6.K/c17-16-12-11-15(13-16)10-6-2-5-9-14-7-3-1-4-8-14;1-3-5-6-7-8-9(11)10-4-2;1-2;/h1,3-4,6-8,10,15-16H,2,5,9,11-13H2;3,5H,4,6-8H2,1-2H3,(H,10,11);1-2H3;/q-1;;;+1/b10-6+;5-3-;;/t15?,16-;;;/m0.../s1. The van der Waals surface area contributed by atoms with E-state index in [1.54, 1.807) is 0 Å². The number of carbonyl (C=O) groups excluding carboxylic acids is 1. The molecular weight excluding hydrogens is 409 g/mol. The molecule has 2 rings (SSSR count). The van der Waals surface area contributed by atoms with Crippen LogP contribution in [0.15, 0.2) is 54.6 Å². The smallest absolute Gasteiger partial charge is 0.852 e. The average Bonchev–Trinajstić information content (AvgIpc) is 3.19. The second kappa shape index (κ2) is 24.4. The van der Waals surface area contributed by atoms with Crippen molar-refractivity contribution in [2.24, 2.45) is 5.92 Å². The van der Waals surface area contributed by atoms with Gasteiger partial charge in [0.25, 0.3) is 0 Å². The zero-order valence-corrected chi connectivity index (χ0v) is 23.9. The maximum Gasteiger partial charge on any atom is 1.00 e. The van der Waals surface area contributed by atoms with E-state index in [1.807, 2.05) is 33.8 Å². The summed E-state index contributed by atoms with van der Waals surface area (Å²) in [4.78, 5) is 10.9. The Morgan fingerprint density at radius 3 is 2.35 bits per heavy atom. The summed E-state index contributed by atoms with van der Waals surface area (Å²) in [5, 5.41) is 13.9. The maximum absolute atomic E-state index is 11.2. The van der Waals surface area contributed by atoms with Crippen LogP contribution in [0.5, 0.6) is 0 Å². The normalized spacial score (nSPS) is 17.3. The van der Waals surface area contributed by atoms with Crippen molar-refractivity contribution < 1.29 is 61.3 Å². The molecule has 0 radical (unpaired) electrons. The molecule has 31 heavy (non-hydrogen) atoms. The monoisotopic (exact) mass is 453 g/mol. The first-order valence-electron chi connectivity index (χ1n) is 11.9. The van der Waals surface area contributed by atoms with Crippen LogP contribution in [0.4, 0.5) is 0 Å². The van der Waals surface area contributed by atoms with Crippen molar-refractivity contribution in [1.29, 1.82) is 0 Å². The fraction of sp³-hybridized carbons (Fsp3) is 0.593. The van der Waals surface area contributed by atoms with Gasteiger partial charge in [0.15, 0.2) is 0 Å². The summed E-state index contributed by atoms with van der Waals surface area (Å²) in [6.45, 7) is 8.67. The zero-order valence-electron chi connectivity index (χ0n) is 20.7. The number of hydrogen-bond donors (Lipinski definition) is 1. The van der Waals surface area contributed by atoms with E-state index in [9.17, 15) is 9.90 Å². The molecule has 0 aliphatic heterocycles. The molecule has 0 heterocycles. The van der Waals surface area contributed by atoms with Gasteiger partial charge >= 0.3 is 51.4 Å². The molecule has 4 heteroatoms. The van der Waals surface area contributed by atoms with Crippen molar-refractivity contribution in [1.82, 2.24) is 5.32 Å². The van der Waals surface area contributed by atoms with Crippen molar-refractivity contribution in [2.45, 2.75) is 91.6 Å². The first-order chi connectivity index (χ1) is 14.7. The van der Waals surface area contributed by atoms with E-state index in [-0.39, 0.29) is 63.4 Å². The van der Waals surface area contributed by atoms with Gasteiger partial charge in [-0.3, -0.25) is 4.79 Å². The Kier molecular flexibility index (Phi) is 25.9. The minimum atomic E-state index is -0.297. The maximum atomic E-state index is 11.2. The first-order valence-corrected chi connectivity index (χ1v) is 11.9. The minimum absolute atomic E-state index is 0.